The van der Waals surface area contributed by atoms with Gasteiger partial charge in [-0.25, -0.2) is 19.2 Å². The molecule has 0 saturated carbocycles. The van der Waals surface area contributed by atoms with E-state index in [1.165, 1.54) is 30.1 Å². The van der Waals surface area contributed by atoms with E-state index in [1.807, 2.05) is 0 Å². The Morgan fingerprint density at radius 3 is 2.26 bits per heavy atom. The minimum Gasteiger partial charge on any atom is -0.494 e. The zero-order chi connectivity index (χ0) is 32.3. The smallest absolute Gasteiger partial charge is 0.414 e. The molecule has 236 valence electrons. The van der Waals surface area contributed by atoms with E-state index in [9.17, 15) is 44.3 Å². The number of aromatic nitrogens is 4. The summed E-state index contributed by atoms with van der Waals surface area (Å²) in [6, 6.07) is -6.74. The van der Waals surface area contributed by atoms with Crippen molar-refractivity contribution in [3.05, 3.63) is 48.0 Å². The maximum absolute atomic E-state index is 14.5. The van der Waals surface area contributed by atoms with Gasteiger partial charge in [0.25, 0.3) is 5.88 Å². The van der Waals surface area contributed by atoms with Crippen LogP contribution in [0.25, 0.3) is 16.9 Å². The van der Waals surface area contributed by atoms with E-state index < -0.39 is 67.5 Å². The Bertz CT molecular complexity index is 1490. The zero-order valence-corrected chi connectivity index (χ0v) is 22.9. The van der Waals surface area contributed by atoms with Crippen molar-refractivity contribution >= 4 is 11.7 Å². The van der Waals surface area contributed by atoms with Crippen LogP contribution >= 0.6 is 0 Å². The highest BCUT2D eigenvalue weighted by Gasteiger charge is 2.49. The molecule has 1 N–H and O–H groups in total. The standard InChI is InChI=1S/C25H25F9N6O3/c1-5-40(23(41)38-18(24(29,30)31)7-6-14(26)20(27)28)19(25(32,33)34)15-8-13(17(42-3)9-35-15)16-11-39-10-12(2)36-21(39)22(37-16)43-4/h8-11,18-19H,5-7H2,1-4H3,(H,38,41)/t18?,19-/m0/s1. The number of halogens is 9. The average molecular weight is 628 g/mol. The van der Waals surface area contributed by atoms with Gasteiger partial charge in [0.15, 0.2) is 11.9 Å². The Morgan fingerprint density at radius 2 is 1.72 bits per heavy atom. The van der Waals surface area contributed by atoms with Crippen molar-refractivity contribution in [2.45, 2.75) is 51.1 Å². The molecule has 0 fully saturated rings. The molecule has 0 saturated heterocycles. The number of ether oxygens (including phenoxy) is 2. The Morgan fingerprint density at radius 1 is 1.05 bits per heavy atom. The van der Waals surface area contributed by atoms with Crippen LogP contribution in [0, 0.1) is 6.92 Å². The largest absolute Gasteiger partial charge is 0.494 e. The topological polar surface area (TPSA) is 93.9 Å². The van der Waals surface area contributed by atoms with Gasteiger partial charge in [-0.15, -0.1) is 0 Å². The SMILES string of the molecule is CCN(C(=O)NC(CCC(F)=C(F)F)C(F)(F)F)[C@@H](c1cc(-c2cn3cc(C)nc3c(OC)n2)c(OC)cn1)C(F)(F)F. The maximum atomic E-state index is 14.5. The van der Waals surface area contributed by atoms with Gasteiger partial charge in [0.05, 0.1) is 37.5 Å². The highest BCUT2D eigenvalue weighted by molar-refractivity contribution is 5.76. The average Bonchev–Trinajstić information content (AvgIpc) is 3.31. The number of urea groups is 1. The number of imidazole rings is 1. The van der Waals surface area contributed by atoms with Gasteiger partial charge < -0.3 is 24.1 Å². The van der Waals surface area contributed by atoms with Crippen LogP contribution in [0.4, 0.5) is 44.3 Å². The van der Waals surface area contributed by atoms with Crippen LogP contribution in [0.15, 0.2) is 36.6 Å². The monoisotopic (exact) mass is 628 g/mol. The first kappa shape index (κ1) is 33.3. The third-order valence-electron chi connectivity index (χ3n) is 6.16. The van der Waals surface area contributed by atoms with Crippen LogP contribution in [0.3, 0.4) is 0 Å². The highest BCUT2D eigenvalue weighted by Crippen LogP contribution is 2.40. The van der Waals surface area contributed by atoms with Crippen molar-refractivity contribution < 1.29 is 53.8 Å². The summed E-state index contributed by atoms with van der Waals surface area (Å²) in [7, 11) is 2.52. The second kappa shape index (κ2) is 12.9. The first-order chi connectivity index (χ1) is 20.0. The van der Waals surface area contributed by atoms with E-state index in [-0.39, 0.29) is 27.8 Å². The lowest BCUT2D eigenvalue weighted by Crippen LogP contribution is -2.53. The van der Waals surface area contributed by atoms with Crippen molar-refractivity contribution in [2.24, 2.45) is 0 Å². The van der Waals surface area contributed by atoms with E-state index in [0.29, 0.717) is 11.3 Å². The van der Waals surface area contributed by atoms with Crippen LogP contribution in [0.1, 0.15) is 37.2 Å². The Balaban J connectivity index is 2.07. The molecule has 0 radical (unpaired) electrons. The number of amides is 2. The van der Waals surface area contributed by atoms with Crippen LogP contribution in [0.2, 0.25) is 0 Å². The molecule has 2 amide bonds. The molecule has 43 heavy (non-hydrogen) atoms. The lowest BCUT2D eigenvalue weighted by Gasteiger charge is -2.34. The van der Waals surface area contributed by atoms with E-state index in [0.717, 1.165) is 19.2 Å². The predicted octanol–water partition coefficient (Wildman–Crippen LogP) is 6.54. The minimum atomic E-state index is -5.30. The number of hydrogen-bond acceptors (Lipinski definition) is 6. The summed E-state index contributed by atoms with van der Waals surface area (Å²) >= 11 is 0. The molecule has 0 aliphatic heterocycles. The highest BCUT2D eigenvalue weighted by atomic mass is 19.4. The summed E-state index contributed by atoms with van der Waals surface area (Å²) < 4.78 is 134. The van der Waals surface area contributed by atoms with Gasteiger partial charge in [0.1, 0.15) is 11.8 Å². The lowest BCUT2D eigenvalue weighted by atomic mass is 10.1. The van der Waals surface area contributed by atoms with Gasteiger partial charge in [-0.05, 0) is 26.3 Å². The molecular formula is C25H25F9N6O3. The summed E-state index contributed by atoms with van der Waals surface area (Å²) in [5, 5.41) is 1.37. The van der Waals surface area contributed by atoms with Crippen molar-refractivity contribution in [1.29, 1.82) is 0 Å². The van der Waals surface area contributed by atoms with Crippen LogP contribution in [0.5, 0.6) is 11.6 Å². The molecular weight excluding hydrogens is 603 g/mol. The summed E-state index contributed by atoms with van der Waals surface area (Å²) in [6.07, 6.45) is -12.3. The number of nitrogens with one attached hydrogen (secondary N) is 1. The number of rotatable bonds is 10. The van der Waals surface area contributed by atoms with Gasteiger partial charge >= 0.3 is 24.5 Å². The first-order valence-electron chi connectivity index (χ1n) is 12.4. The molecule has 18 heteroatoms. The molecule has 1 unspecified atom stereocenters. The van der Waals surface area contributed by atoms with Crippen LogP contribution < -0.4 is 14.8 Å². The minimum absolute atomic E-state index is 0.0186. The number of nitrogens with zero attached hydrogens (tertiary/aromatic N) is 5. The van der Waals surface area contributed by atoms with Crippen LogP contribution in [-0.4, -0.2) is 69.4 Å². The van der Waals surface area contributed by atoms with Crippen molar-refractivity contribution in [3.8, 4) is 22.9 Å². The van der Waals surface area contributed by atoms with Gasteiger partial charge in [-0.1, -0.05) is 0 Å². The normalized spacial score (nSPS) is 13.4. The van der Waals surface area contributed by atoms with Crippen LogP contribution in [-0.2, 0) is 0 Å². The number of fused-ring (bicyclic) bond motifs is 1. The van der Waals surface area contributed by atoms with Gasteiger partial charge in [0, 0.05) is 30.9 Å². The fourth-order valence-electron chi connectivity index (χ4n) is 4.19. The number of pyridine rings is 1. The van der Waals surface area contributed by atoms with E-state index in [2.05, 4.69) is 15.0 Å². The molecule has 0 aliphatic rings. The predicted molar refractivity (Wildman–Crippen MR) is 133 cm³/mol. The van der Waals surface area contributed by atoms with Crippen molar-refractivity contribution in [3.63, 3.8) is 0 Å². The Hall–Kier alpha value is -4.25. The number of aryl methyl sites for hydroxylation is 1. The second-order valence-corrected chi connectivity index (χ2v) is 9.04. The Labute approximate surface area is 238 Å². The maximum Gasteiger partial charge on any atom is 0.414 e. The molecule has 2 atom stereocenters. The lowest BCUT2D eigenvalue weighted by molar-refractivity contribution is -0.180. The van der Waals surface area contributed by atoms with Gasteiger partial charge in [-0.2, -0.15) is 35.1 Å². The molecule has 0 spiro atoms. The number of carbonyl (C=O) groups excluding carboxylic acids is 1. The molecule has 0 aliphatic carbocycles. The number of methoxy groups -OCH3 is 2. The molecule has 3 heterocycles. The molecule has 3 aromatic heterocycles. The molecule has 3 aromatic rings. The summed E-state index contributed by atoms with van der Waals surface area (Å²) in [6.45, 7) is 2.00. The third-order valence-corrected chi connectivity index (χ3v) is 6.16. The van der Waals surface area contributed by atoms with E-state index >= 15 is 0 Å². The quantitative estimate of drug-likeness (QED) is 0.257. The van der Waals surface area contributed by atoms with E-state index in [4.69, 9.17) is 9.47 Å². The number of allylic oxidation sites excluding steroid dienone is 1. The third kappa shape index (κ3) is 7.59. The summed E-state index contributed by atoms with van der Waals surface area (Å²) in [5.74, 6) is -2.16. The number of alkyl halides is 6. The number of carbonyl (C=O) groups is 1. The fourth-order valence-corrected chi connectivity index (χ4v) is 4.19. The van der Waals surface area contributed by atoms with E-state index in [1.54, 1.807) is 13.1 Å². The molecule has 3 rings (SSSR count). The van der Waals surface area contributed by atoms with Crippen molar-refractivity contribution in [2.75, 3.05) is 20.8 Å². The molecule has 0 bridgehead atoms. The molecule has 0 aromatic carbocycles. The Kier molecular flexibility index (Phi) is 10.0. The summed E-state index contributed by atoms with van der Waals surface area (Å²) in [4.78, 5) is 25.2. The fraction of sp³-hybridized carbons (Fsp3) is 0.440. The zero-order valence-electron chi connectivity index (χ0n) is 22.9. The van der Waals surface area contributed by atoms with Gasteiger partial charge in [-0.3, -0.25) is 4.98 Å². The van der Waals surface area contributed by atoms with Crippen molar-refractivity contribution in [1.82, 2.24) is 29.6 Å². The molecule has 9 nitrogen and oxygen atoms in total. The second-order valence-electron chi connectivity index (χ2n) is 9.04. The first-order valence-corrected chi connectivity index (χ1v) is 12.4. The summed E-state index contributed by atoms with van der Waals surface area (Å²) in [5.41, 5.74) is 0.0893. The van der Waals surface area contributed by atoms with Gasteiger partial charge in [0.2, 0.25) is 5.65 Å². The number of hydrogen-bond donors (Lipinski definition) is 1.